The molecule has 1 heterocycles. The number of benzene rings is 2. The van der Waals surface area contributed by atoms with Crippen molar-refractivity contribution in [1.29, 1.82) is 0 Å². The fourth-order valence-electron chi connectivity index (χ4n) is 3.06. The number of nitro groups is 1. The molecule has 0 fully saturated rings. The summed E-state index contributed by atoms with van der Waals surface area (Å²) < 4.78 is 16.5. The number of ether oxygens (including phenoxy) is 2. The van der Waals surface area contributed by atoms with Crippen molar-refractivity contribution >= 4 is 5.69 Å². The standard InChI is InChI=1S/C21H24N4O5/c1-14(24(2)12-11-15-5-10-18(28-3)19(13-15)29-4)20-22-23-21(30-20)16-6-8-17(9-7-16)25(26)27/h5-10,13-14H,11-12H2,1-4H3/p+1/t14-/m0/s1. The van der Waals surface area contributed by atoms with Gasteiger partial charge in [0.25, 0.3) is 11.6 Å². The zero-order valence-electron chi connectivity index (χ0n) is 17.4. The monoisotopic (exact) mass is 413 g/mol. The summed E-state index contributed by atoms with van der Waals surface area (Å²) in [6.07, 6.45) is 0.847. The van der Waals surface area contributed by atoms with Crippen molar-refractivity contribution in [1.82, 2.24) is 10.2 Å². The zero-order chi connectivity index (χ0) is 21.7. The van der Waals surface area contributed by atoms with E-state index in [0.717, 1.165) is 18.5 Å². The lowest BCUT2D eigenvalue weighted by Gasteiger charge is -2.19. The number of hydrogen-bond acceptors (Lipinski definition) is 7. The summed E-state index contributed by atoms with van der Waals surface area (Å²) in [5.41, 5.74) is 1.82. The number of rotatable bonds is 9. The Morgan fingerprint density at radius 2 is 1.80 bits per heavy atom. The second kappa shape index (κ2) is 9.36. The smallest absolute Gasteiger partial charge is 0.274 e. The van der Waals surface area contributed by atoms with E-state index in [9.17, 15) is 10.1 Å². The highest BCUT2D eigenvalue weighted by Crippen LogP contribution is 2.27. The highest BCUT2D eigenvalue weighted by molar-refractivity contribution is 5.55. The molecular formula is C21H25N4O5+. The fourth-order valence-corrected chi connectivity index (χ4v) is 3.06. The Morgan fingerprint density at radius 3 is 2.43 bits per heavy atom. The normalized spacial score (nSPS) is 12.9. The van der Waals surface area contributed by atoms with Crippen LogP contribution in [0, 0.1) is 10.1 Å². The van der Waals surface area contributed by atoms with Crippen molar-refractivity contribution in [2.75, 3.05) is 27.8 Å². The van der Waals surface area contributed by atoms with Crippen LogP contribution in [0.3, 0.4) is 0 Å². The predicted octanol–water partition coefficient (Wildman–Crippen LogP) is 2.48. The minimum Gasteiger partial charge on any atom is -0.493 e. The SMILES string of the molecule is COc1ccc(CC[NH+](C)[C@@H](C)c2nnc(-c3ccc([N+](=O)[O-])cc3)o2)cc1OC. The number of likely N-dealkylation sites (N-methyl/N-ethyl adjacent to an activating group) is 1. The van der Waals surface area contributed by atoms with E-state index in [4.69, 9.17) is 13.9 Å². The van der Waals surface area contributed by atoms with Gasteiger partial charge in [-0.25, -0.2) is 0 Å². The molecule has 9 nitrogen and oxygen atoms in total. The van der Waals surface area contributed by atoms with Crippen LogP contribution >= 0.6 is 0 Å². The number of quaternary nitrogens is 1. The first-order valence-corrected chi connectivity index (χ1v) is 9.54. The van der Waals surface area contributed by atoms with Crippen LogP contribution in [0.2, 0.25) is 0 Å². The molecule has 0 amide bonds. The third kappa shape index (κ3) is 4.74. The third-order valence-electron chi connectivity index (χ3n) is 5.13. The number of aromatic nitrogens is 2. The van der Waals surface area contributed by atoms with E-state index in [1.54, 1.807) is 26.4 Å². The summed E-state index contributed by atoms with van der Waals surface area (Å²) in [4.78, 5) is 11.6. The quantitative estimate of drug-likeness (QED) is 0.424. The van der Waals surface area contributed by atoms with E-state index in [1.165, 1.54) is 17.0 Å². The summed E-state index contributed by atoms with van der Waals surface area (Å²) in [7, 11) is 5.31. The van der Waals surface area contributed by atoms with Crippen LogP contribution in [0.15, 0.2) is 46.9 Å². The van der Waals surface area contributed by atoms with Crippen molar-refractivity contribution in [3.63, 3.8) is 0 Å². The van der Waals surface area contributed by atoms with Gasteiger partial charge in [-0.15, -0.1) is 10.2 Å². The summed E-state index contributed by atoms with van der Waals surface area (Å²) in [5.74, 6) is 2.29. The van der Waals surface area contributed by atoms with Gasteiger partial charge in [0.1, 0.15) is 0 Å². The minimum absolute atomic E-state index is 0.00978. The van der Waals surface area contributed by atoms with E-state index in [0.29, 0.717) is 28.8 Å². The maximum Gasteiger partial charge on any atom is 0.274 e. The van der Waals surface area contributed by atoms with E-state index in [1.807, 2.05) is 25.1 Å². The van der Waals surface area contributed by atoms with Gasteiger partial charge >= 0.3 is 0 Å². The average molecular weight is 413 g/mol. The average Bonchev–Trinajstić information content (AvgIpc) is 3.27. The molecule has 0 aliphatic carbocycles. The highest BCUT2D eigenvalue weighted by Gasteiger charge is 2.22. The minimum atomic E-state index is -0.443. The third-order valence-corrected chi connectivity index (χ3v) is 5.13. The van der Waals surface area contributed by atoms with Gasteiger partial charge in [-0.1, -0.05) is 6.07 Å². The topological polar surface area (TPSA) is 105 Å². The van der Waals surface area contributed by atoms with Crippen LogP contribution in [0.5, 0.6) is 11.5 Å². The number of hydrogen-bond donors (Lipinski definition) is 1. The lowest BCUT2D eigenvalue weighted by Crippen LogP contribution is -3.09. The molecule has 0 radical (unpaired) electrons. The van der Waals surface area contributed by atoms with Gasteiger partial charge in [0, 0.05) is 24.1 Å². The Bertz CT molecular complexity index is 1000. The van der Waals surface area contributed by atoms with Crippen molar-refractivity contribution in [2.24, 2.45) is 0 Å². The molecule has 1 N–H and O–H groups in total. The molecule has 0 spiro atoms. The molecule has 0 saturated carbocycles. The number of nitrogens with zero attached hydrogens (tertiary/aromatic N) is 3. The Morgan fingerprint density at radius 1 is 1.10 bits per heavy atom. The molecule has 0 bridgehead atoms. The number of non-ortho nitro benzene ring substituents is 1. The van der Waals surface area contributed by atoms with Gasteiger partial charge in [-0.05, 0) is 36.8 Å². The first kappa shape index (κ1) is 21.3. The molecule has 2 aromatic carbocycles. The number of methoxy groups -OCH3 is 2. The fraction of sp³-hybridized carbons (Fsp3) is 0.333. The molecule has 158 valence electrons. The molecule has 1 unspecified atom stereocenters. The number of nitrogens with one attached hydrogen (secondary N) is 1. The van der Waals surface area contributed by atoms with E-state index < -0.39 is 4.92 Å². The van der Waals surface area contributed by atoms with Gasteiger partial charge in [-0.3, -0.25) is 10.1 Å². The molecule has 3 aromatic rings. The molecule has 3 rings (SSSR count). The molecule has 9 heteroatoms. The van der Waals surface area contributed by atoms with Crippen LogP contribution in [0.4, 0.5) is 5.69 Å². The molecule has 0 aliphatic heterocycles. The van der Waals surface area contributed by atoms with Gasteiger partial charge in [0.2, 0.25) is 5.89 Å². The van der Waals surface area contributed by atoms with Gasteiger partial charge in [0.05, 0.1) is 32.7 Å². The molecule has 0 saturated heterocycles. The summed E-state index contributed by atoms with van der Waals surface area (Å²) in [6.45, 7) is 2.88. The second-order valence-corrected chi connectivity index (χ2v) is 7.01. The molecule has 2 atom stereocenters. The molecule has 0 aliphatic rings. The predicted molar refractivity (Wildman–Crippen MR) is 110 cm³/mol. The first-order chi connectivity index (χ1) is 14.4. The summed E-state index contributed by atoms with van der Waals surface area (Å²) >= 11 is 0. The lowest BCUT2D eigenvalue weighted by molar-refractivity contribution is -0.911. The van der Waals surface area contributed by atoms with Crippen molar-refractivity contribution in [3.05, 3.63) is 64.0 Å². The maximum atomic E-state index is 10.8. The van der Waals surface area contributed by atoms with Gasteiger partial charge < -0.3 is 18.8 Å². The molecular weight excluding hydrogens is 388 g/mol. The Hall–Kier alpha value is -3.46. The van der Waals surface area contributed by atoms with Crippen LogP contribution in [-0.4, -0.2) is 42.9 Å². The van der Waals surface area contributed by atoms with Crippen LogP contribution in [0.1, 0.15) is 24.4 Å². The van der Waals surface area contributed by atoms with Crippen LogP contribution in [-0.2, 0) is 6.42 Å². The van der Waals surface area contributed by atoms with Crippen LogP contribution < -0.4 is 14.4 Å². The van der Waals surface area contributed by atoms with Crippen molar-refractivity contribution in [3.8, 4) is 23.0 Å². The Balaban J connectivity index is 1.64. The second-order valence-electron chi connectivity index (χ2n) is 7.01. The van der Waals surface area contributed by atoms with E-state index in [2.05, 4.69) is 17.2 Å². The van der Waals surface area contributed by atoms with E-state index >= 15 is 0 Å². The molecule has 30 heavy (non-hydrogen) atoms. The maximum absolute atomic E-state index is 10.8. The zero-order valence-corrected chi connectivity index (χ0v) is 17.4. The van der Waals surface area contributed by atoms with Crippen molar-refractivity contribution < 1.29 is 23.7 Å². The summed E-state index contributed by atoms with van der Waals surface area (Å²) in [6, 6.07) is 12.0. The molecule has 1 aromatic heterocycles. The van der Waals surface area contributed by atoms with Crippen LogP contribution in [0.25, 0.3) is 11.5 Å². The largest absolute Gasteiger partial charge is 0.493 e. The lowest BCUT2D eigenvalue weighted by atomic mass is 10.1. The number of nitro benzene ring substituents is 1. The van der Waals surface area contributed by atoms with E-state index in [-0.39, 0.29) is 11.7 Å². The summed E-state index contributed by atoms with van der Waals surface area (Å²) in [5, 5.41) is 19.0. The highest BCUT2D eigenvalue weighted by atomic mass is 16.6. The Labute approximate surface area is 174 Å². The van der Waals surface area contributed by atoms with Crippen molar-refractivity contribution in [2.45, 2.75) is 19.4 Å². The Kier molecular flexibility index (Phi) is 6.63. The first-order valence-electron chi connectivity index (χ1n) is 9.54. The van der Waals surface area contributed by atoms with Gasteiger partial charge in [-0.2, -0.15) is 0 Å². The van der Waals surface area contributed by atoms with Gasteiger partial charge in [0.15, 0.2) is 17.5 Å².